The van der Waals surface area contributed by atoms with Crippen LogP contribution < -0.4 is 5.63 Å². The van der Waals surface area contributed by atoms with Gasteiger partial charge in [0.15, 0.2) is 9.84 Å². The molecule has 0 spiro atoms. The number of benzene rings is 1. The zero-order chi connectivity index (χ0) is 15.9. The summed E-state index contributed by atoms with van der Waals surface area (Å²) in [4.78, 5) is 25.6. The van der Waals surface area contributed by atoms with Gasteiger partial charge in [-0.2, -0.15) is 0 Å². The van der Waals surface area contributed by atoms with E-state index in [0.717, 1.165) is 0 Å². The van der Waals surface area contributed by atoms with Crippen molar-refractivity contribution in [1.82, 2.24) is 4.90 Å². The fourth-order valence-corrected chi connectivity index (χ4v) is 3.73. The van der Waals surface area contributed by atoms with Gasteiger partial charge in [-0.15, -0.1) is 0 Å². The van der Waals surface area contributed by atoms with Gasteiger partial charge >= 0.3 is 5.63 Å². The number of fused-ring (bicyclic) bond motifs is 1. The third-order valence-electron chi connectivity index (χ3n) is 3.92. The molecule has 0 atom stereocenters. The monoisotopic (exact) mass is 321 g/mol. The highest BCUT2D eigenvalue weighted by atomic mass is 32.2. The molecule has 2 aromatic rings. The Bertz CT molecular complexity index is 894. The lowest BCUT2D eigenvalue weighted by atomic mass is 10.1. The highest BCUT2D eigenvalue weighted by Crippen LogP contribution is 2.20. The van der Waals surface area contributed by atoms with E-state index >= 15 is 0 Å². The Labute approximate surface area is 127 Å². The molecule has 1 saturated heterocycles. The summed E-state index contributed by atoms with van der Waals surface area (Å²) in [5.41, 5.74) is -0.351. The maximum Gasteiger partial charge on any atom is 0.349 e. The summed E-state index contributed by atoms with van der Waals surface area (Å²) in [6.45, 7) is 1.83. The maximum absolute atomic E-state index is 12.3. The number of nitrogens with zero attached hydrogens (tertiary/aromatic N) is 1. The predicted octanol–water partition coefficient (Wildman–Crippen LogP) is 1.05. The quantitative estimate of drug-likeness (QED) is 0.789. The first-order valence-corrected chi connectivity index (χ1v) is 8.67. The molecule has 0 bridgehead atoms. The zero-order valence-electron chi connectivity index (χ0n) is 12.0. The van der Waals surface area contributed by atoms with Gasteiger partial charge in [-0.25, -0.2) is 13.2 Å². The van der Waals surface area contributed by atoms with Gasteiger partial charge < -0.3 is 9.32 Å². The van der Waals surface area contributed by atoms with Crippen LogP contribution in [0.4, 0.5) is 0 Å². The fraction of sp³-hybridized carbons (Fsp3) is 0.333. The Kier molecular flexibility index (Phi) is 3.52. The first-order chi connectivity index (χ1) is 10.4. The van der Waals surface area contributed by atoms with Crippen molar-refractivity contribution < 1.29 is 17.6 Å². The number of amides is 1. The Morgan fingerprint density at radius 2 is 2.00 bits per heavy atom. The van der Waals surface area contributed by atoms with Crippen LogP contribution in [-0.2, 0) is 9.84 Å². The second kappa shape index (κ2) is 5.24. The highest BCUT2D eigenvalue weighted by Gasteiger charge is 2.39. The lowest BCUT2D eigenvalue weighted by Crippen LogP contribution is -2.57. The minimum absolute atomic E-state index is 0.0534. The van der Waals surface area contributed by atoms with E-state index in [9.17, 15) is 18.0 Å². The van der Waals surface area contributed by atoms with Gasteiger partial charge in [-0.3, -0.25) is 4.79 Å². The van der Waals surface area contributed by atoms with E-state index in [1.165, 1.54) is 11.0 Å². The molecule has 1 aliphatic heterocycles. The highest BCUT2D eigenvalue weighted by molar-refractivity contribution is 7.92. The molecule has 3 rings (SSSR count). The molecule has 0 N–H and O–H groups in total. The number of likely N-dealkylation sites (tertiary alicyclic amines) is 1. The number of para-hydroxylation sites is 1. The average Bonchev–Trinajstić information content (AvgIpc) is 2.44. The molecule has 1 aliphatic rings. The molecule has 1 amide bonds. The summed E-state index contributed by atoms with van der Waals surface area (Å²) >= 11 is 0. The van der Waals surface area contributed by atoms with Crippen molar-refractivity contribution in [2.45, 2.75) is 12.2 Å². The van der Waals surface area contributed by atoms with Crippen molar-refractivity contribution in [3.63, 3.8) is 0 Å². The van der Waals surface area contributed by atoms with E-state index in [1.807, 2.05) is 0 Å². The lowest BCUT2D eigenvalue weighted by molar-refractivity contribution is 0.0655. The van der Waals surface area contributed by atoms with Crippen LogP contribution in [0.5, 0.6) is 0 Å². The number of sulfone groups is 1. The van der Waals surface area contributed by atoms with Crippen molar-refractivity contribution in [2.24, 2.45) is 0 Å². The molecule has 2 heterocycles. The topological polar surface area (TPSA) is 84.7 Å². The van der Waals surface area contributed by atoms with Crippen molar-refractivity contribution in [3.8, 4) is 0 Å². The Morgan fingerprint density at radius 3 is 2.68 bits per heavy atom. The van der Waals surface area contributed by atoms with E-state index in [0.29, 0.717) is 11.0 Å². The molecular weight excluding hydrogens is 306 g/mol. The summed E-state index contributed by atoms with van der Waals surface area (Å²) in [7, 11) is -3.15. The molecule has 0 aliphatic carbocycles. The molecule has 1 fully saturated rings. The third kappa shape index (κ3) is 2.41. The van der Waals surface area contributed by atoms with E-state index in [1.54, 1.807) is 31.2 Å². The first kappa shape index (κ1) is 14.8. The first-order valence-electron chi connectivity index (χ1n) is 6.96. The van der Waals surface area contributed by atoms with Crippen molar-refractivity contribution in [2.75, 3.05) is 18.8 Å². The van der Waals surface area contributed by atoms with Crippen molar-refractivity contribution in [1.29, 1.82) is 0 Å². The fourth-order valence-electron chi connectivity index (χ4n) is 2.45. The van der Waals surface area contributed by atoms with Gasteiger partial charge in [0.1, 0.15) is 11.1 Å². The van der Waals surface area contributed by atoms with Crippen molar-refractivity contribution in [3.05, 3.63) is 46.3 Å². The van der Waals surface area contributed by atoms with Gasteiger partial charge in [-0.1, -0.05) is 25.1 Å². The summed E-state index contributed by atoms with van der Waals surface area (Å²) < 4.78 is 28.5. The van der Waals surface area contributed by atoms with Crippen LogP contribution in [0.3, 0.4) is 0 Å². The predicted molar refractivity (Wildman–Crippen MR) is 81.6 cm³/mol. The normalized spacial score (nSPS) is 15.8. The maximum atomic E-state index is 12.3. The van der Waals surface area contributed by atoms with Crippen LogP contribution in [0.25, 0.3) is 11.0 Å². The summed E-state index contributed by atoms with van der Waals surface area (Å²) in [6.07, 6.45) is 0. The molecule has 1 aromatic carbocycles. The molecule has 0 radical (unpaired) electrons. The largest absolute Gasteiger partial charge is 0.422 e. The molecule has 0 unspecified atom stereocenters. The van der Waals surface area contributed by atoms with Gasteiger partial charge in [0.25, 0.3) is 5.91 Å². The van der Waals surface area contributed by atoms with Gasteiger partial charge in [-0.05, 0) is 12.1 Å². The summed E-state index contributed by atoms with van der Waals surface area (Å²) in [6, 6.07) is 8.41. The summed E-state index contributed by atoms with van der Waals surface area (Å²) in [5, 5.41) is 0.123. The lowest BCUT2D eigenvalue weighted by Gasteiger charge is -2.38. The Morgan fingerprint density at radius 1 is 1.32 bits per heavy atom. The average molecular weight is 321 g/mol. The van der Waals surface area contributed by atoms with E-state index < -0.39 is 26.6 Å². The van der Waals surface area contributed by atoms with Gasteiger partial charge in [0.05, 0.1) is 5.25 Å². The second-order valence-electron chi connectivity index (χ2n) is 5.27. The third-order valence-corrected chi connectivity index (χ3v) is 6.04. The number of hydrogen-bond donors (Lipinski definition) is 0. The number of rotatable bonds is 3. The van der Waals surface area contributed by atoms with Crippen LogP contribution in [0.2, 0.25) is 0 Å². The van der Waals surface area contributed by atoms with Gasteiger partial charge in [0.2, 0.25) is 0 Å². The minimum Gasteiger partial charge on any atom is -0.422 e. The van der Waals surface area contributed by atoms with Crippen LogP contribution in [0.1, 0.15) is 17.3 Å². The van der Waals surface area contributed by atoms with E-state index in [-0.39, 0.29) is 24.4 Å². The minimum atomic E-state index is -3.15. The number of carbonyl (C=O) groups excluding carboxylic acids is 1. The van der Waals surface area contributed by atoms with Crippen LogP contribution in [0.15, 0.2) is 39.5 Å². The van der Waals surface area contributed by atoms with Crippen LogP contribution >= 0.6 is 0 Å². The van der Waals surface area contributed by atoms with Gasteiger partial charge in [0, 0.05) is 24.2 Å². The molecule has 0 saturated carbocycles. The second-order valence-corrected chi connectivity index (χ2v) is 7.84. The molecule has 6 nitrogen and oxygen atoms in total. The molecule has 116 valence electrons. The number of carbonyl (C=O) groups is 1. The molecule has 22 heavy (non-hydrogen) atoms. The SMILES string of the molecule is CCS(=O)(=O)C1CN(C(=O)c2cc3ccccc3oc2=O)C1. The van der Waals surface area contributed by atoms with Crippen molar-refractivity contribution >= 4 is 26.7 Å². The zero-order valence-corrected chi connectivity index (χ0v) is 12.8. The smallest absolute Gasteiger partial charge is 0.349 e. The summed E-state index contributed by atoms with van der Waals surface area (Å²) in [5.74, 6) is -0.431. The van der Waals surface area contributed by atoms with E-state index in [4.69, 9.17) is 4.42 Å². The van der Waals surface area contributed by atoms with E-state index in [2.05, 4.69) is 0 Å². The van der Waals surface area contributed by atoms with Crippen LogP contribution in [0, 0.1) is 0 Å². The molecule has 1 aromatic heterocycles. The standard InChI is InChI=1S/C15H15NO5S/c1-2-22(19,20)11-8-16(9-11)14(17)12-7-10-5-3-4-6-13(10)21-15(12)18/h3-7,11H,2,8-9H2,1H3. The number of hydrogen-bond acceptors (Lipinski definition) is 5. The van der Waals surface area contributed by atoms with Crippen LogP contribution in [-0.4, -0.2) is 43.3 Å². The molecular formula is C15H15NO5S. The Hall–Kier alpha value is -2.15. The Balaban J connectivity index is 1.85. The molecule has 7 heteroatoms.